The second kappa shape index (κ2) is 14.0. The molecule has 5 rings (SSSR count). The highest BCUT2D eigenvalue weighted by atomic mass is 16.5. The molecule has 2 aliphatic heterocycles. The van der Waals surface area contributed by atoms with E-state index >= 15 is 0 Å². The van der Waals surface area contributed by atoms with Gasteiger partial charge in [-0.25, -0.2) is 0 Å². The third-order valence-electron chi connectivity index (χ3n) is 9.47. The minimum Gasteiger partial charge on any atom is -0.493 e. The molecule has 46 heavy (non-hydrogen) atoms. The molecule has 1 fully saturated rings. The van der Waals surface area contributed by atoms with Crippen LogP contribution in [0.5, 0.6) is 23.0 Å². The van der Waals surface area contributed by atoms with E-state index in [0.29, 0.717) is 30.3 Å². The zero-order valence-electron chi connectivity index (χ0n) is 28.2. The van der Waals surface area contributed by atoms with Crippen LogP contribution in [0.3, 0.4) is 0 Å². The molecule has 0 radical (unpaired) electrons. The Hall–Kier alpha value is -4.24. The number of likely N-dealkylation sites (N-methyl/N-ethyl adjacent to an activating group) is 1. The van der Waals surface area contributed by atoms with Gasteiger partial charge in [-0.1, -0.05) is 57.5 Å². The zero-order chi connectivity index (χ0) is 33.0. The van der Waals surface area contributed by atoms with E-state index in [1.54, 1.807) is 26.2 Å². The smallest absolute Gasteiger partial charge is 0.242 e. The first-order valence-electron chi connectivity index (χ1n) is 16.1. The predicted molar refractivity (Wildman–Crippen MR) is 179 cm³/mol. The number of hydrogen-bond donors (Lipinski definition) is 0. The molecular formula is C37H47N3O6. The van der Waals surface area contributed by atoms with Gasteiger partial charge in [-0.3, -0.25) is 14.5 Å². The number of piperazine rings is 1. The topological polar surface area (TPSA) is 80.8 Å². The van der Waals surface area contributed by atoms with Crippen molar-refractivity contribution in [2.45, 2.75) is 51.7 Å². The summed E-state index contributed by atoms with van der Waals surface area (Å²) >= 11 is 0. The number of nitrogens with zero attached hydrogens (tertiary/aromatic N) is 3. The van der Waals surface area contributed by atoms with Crippen molar-refractivity contribution in [2.24, 2.45) is 5.92 Å². The van der Waals surface area contributed by atoms with Gasteiger partial charge in [0, 0.05) is 38.9 Å². The number of rotatable bonds is 12. The Balaban J connectivity index is 1.25. The minimum atomic E-state index is -0.738. The van der Waals surface area contributed by atoms with E-state index in [2.05, 4.69) is 31.7 Å². The standard InChI is InChI=1S/C37H47N3O6/c1-8-11-34(40-20-18-39(19-21-40)33(41)24-26-22-31(43-5)35(45-7)32(23-26)44-6)46-28-16-14-27(15-17-28)37(25(2)3)29-12-9-10-13-30(29)38(4)36(37)42/h9-10,12-17,22-23,25,34H,8,11,18-21,24H2,1-7H3. The van der Waals surface area contributed by atoms with Crippen LogP contribution in [0.4, 0.5) is 5.69 Å². The van der Waals surface area contributed by atoms with Crippen molar-refractivity contribution in [3.8, 4) is 23.0 Å². The number of carbonyl (C=O) groups is 2. The maximum atomic E-state index is 13.8. The second-order valence-corrected chi connectivity index (χ2v) is 12.4. The highest BCUT2D eigenvalue weighted by molar-refractivity contribution is 6.10. The van der Waals surface area contributed by atoms with Crippen molar-refractivity contribution < 1.29 is 28.5 Å². The molecule has 2 amide bonds. The van der Waals surface area contributed by atoms with Gasteiger partial charge in [0.05, 0.1) is 27.8 Å². The molecule has 1 saturated heterocycles. The van der Waals surface area contributed by atoms with Crippen LogP contribution < -0.4 is 23.8 Å². The number of methoxy groups -OCH3 is 3. The van der Waals surface area contributed by atoms with E-state index in [-0.39, 0.29) is 30.4 Å². The first kappa shape index (κ1) is 33.1. The first-order chi connectivity index (χ1) is 22.2. The Morgan fingerprint density at radius 2 is 1.52 bits per heavy atom. The van der Waals surface area contributed by atoms with E-state index in [9.17, 15) is 9.59 Å². The zero-order valence-corrected chi connectivity index (χ0v) is 28.2. The summed E-state index contributed by atoms with van der Waals surface area (Å²) in [6.07, 6.45) is 1.98. The van der Waals surface area contributed by atoms with Gasteiger partial charge < -0.3 is 28.7 Å². The number of carbonyl (C=O) groups excluding carboxylic acids is 2. The normalized spacial score (nSPS) is 18.8. The van der Waals surface area contributed by atoms with E-state index in [0.717, 1.165) is 54.1 Å². The Bertz CT molecular complexity index is 1510. The molecule has 3 aromatic carbocycles. The molecule has 246 valence electrons. The van der Waals surface area contributed by atoms with Crippen molar-refractivity contribution in [3.63, 3.8) is 0 Å². The Morgan fingerprint density at radius 1 is 0.891 bits per heavy atom. The van der Waals surface area contributed by atoms with Crippen molar-refractivity contribution in [1.29, 1.82) is 0 Å². The summed E-state index contributed by atoms with van der Waals surface area (Å²) in [5.74, 6) is 2.58. The quantitative estimate of drug-likeness (QED) is 0.261. The van der Waals surface area contributed by atoms with Crippen molar-refractivity contribution >= 4 is 17.5 Å². The summed E-state index contributed by atoms with van der Waals surface area (Å²) < 4.78 is 22.9. The molecular weight excluding hydrogens is 582 g/mol. The fraction of sp³-hybridized carbons (Fsp3) is 0.459. The Morgan fingerprint density at radius 3 is 2.09 bits per heavy atom. The number of anilines is 1. The summed E-state index contributed by atoms with van der Waals surface area (Å²) in [4.78, 5) is 33.1. The van der Waals surface area contributed by atoms with Gasteiger partial charge >= 0.3 is 0 Å². The van der Waals surface area contributed by atoms with Crippen LogP contribution in [0, 0.1) is 5.92 Å². The van der Waals surface area contributed by atoms with Gasteiger partial charge in [0.1, 0.15) is 11.2 Å². The maximum absolute atomic E-state index is 13.8. The monoisotopic (exact) mass is 629 g/mol. The van der Waals surface area contributed by atoms with Crippen LogP contribution in [0.15, 0.2) is 60.7 Å². The fourth-order valence-corrected chi connectivity index (χ4v) is 7.06. The Labute approximate surface area is 273 Å². The average Bonchev–Trinajstić information content (AvgIpc) is 3.31. The molecule has 0 bridgehead atoms. The molecule has 9 nitrogen and oxygen atoms in total. The summed E-state index contributed by atoms with van der Waals surface area (Å²) in [6.45, 7) is 9.07. The number of hydrogen-bond acceptors (Lipinski definition) is 7. The van der Waals surface area contributed by atoms with Gasteiger partial charge in [-0.05, 0) is 59.4 Å². The van der Waals surface area contributed by atoms with E-state index < -0.39 is 5.41 Å². The number of amides is 2. The van der Waals surface area contributed by atoms with Crippen LogP contribution >= 0.6 is 0 Å². The number of ether oxygens (including phenoxy) is 4. The number of para-hydroxylation sites is 1. The average molecular weight is 630 g/mol. The van der Waals surface area contributed by atoms with Crippen molar-refractivity contribution in [3.05, 3.63) is 77.4 Å². The van der Waals surface area contributed by atoms with E-state index in [4.69, 9.17) is 18.9 Å². The van der Waals surface area contributed by atoms with Crippen LogP contribution in [-0.4, -0.2) is 82.4 Å². The van der Waals surface area contributed by atoms with Gasteiger partial charge in [0.2, 0.25) is 17.6 Å². The van der Waals surface area contributed by atoms with Gasteiger partial charge in [0.25, 0.3) is 0 Å². The summed E-state index contributed by atoms with van der Waals surface area (Å²) in [5, 5.41) is 0. The van der Waals surface area contributed by atoms with E-state index in [1.807, 2.05) is 66.5 Å². The van der Waals surface area contributed by atoms with E-state index in [1.165, 1.54) is 0 Å². The van der Waals surface area contributed by atoms with Gasteiger partial charge in [-0.15, -0.1) is 0 Å². The van der Waals surface area contributed by atoms with Crippen LogP contribution in [-0.2, 0) is 21.4 Å². The predicted octanol–water partition coefficient (Wildman–Crippen LogP) is 5.52. The molecule has 9 heteroatoms. The number of benzene rings is 3. The molecule has 0 aromatic heterocycles. The van der Waals surface area contributed by atoms with Crippen LogP contribution in [0.2, 0.25) is 0 Å². The molecule has 0 spiro atoms. The van der Waals surface area contributed by atoms with Crippen LogP contribution in [0.1, 0.15) is 50.3 Å². The highest BCUT2D eigenvalue weighted by Crippen LogP contribution is 2.50. The minimum absolute atomic E-state index is 0.0604. The molecule has 2 aliphatic rings. The third kappa shape index (κ3) is 6.00. The molecule has 3 aromatic rings. The molecule has 0 saturated carbocycles. The molecule has 0 aliphatic carbocycles. The first-order valence-corrected chi connectivity index (χ1v) is 16.1. The molecule has 2 unspecified atom stereocenters. The van der Waals surface area contributed by atoms with Crippen molar-refractivity contribution in [1.82, 2.24) is 9.80 Å². The summed E-state index contributed by atoms with van der Waals surface area (Å²) in [6, 6.07) is 19.8. The number of fused-ring (bicyclic) bond motifs is 1. The van der Waals surface area contributed by atoms with Crippen LogP contribution in [0.25, 0.3) is 0 Å². The SMILES string of the molecule is CCCC(Oc1ccc(C2(C(C)C)C(=O)N(C)c3ccccc32)cc1)N1CCN(C(=O)Cc2cc(OC)c(OC)c(OC)c2)CC1. The molecule has 0 N–H and O–H groups in total. The highest BCUT2D eigenvalue weighted by Gasteiger charge is 2.52. The maximum Gasteiger partial charge on any atom is 0.242 e. The summed E-state index contributed by atoms with van der Waals surface area (Å²) in [7, 11) is 6.57. The lowest BCUT2D eigenvalue weighted by Crippen LogP contribution is -2.53. The van der Waals surface area contributed by atoms with Gasteiger partial charge in [0.15, 0.2) is 17.7 Å². The summed E-state index contributed by atoms with van der Waals surface area (Å²) in [5.41, 5.74) is 3.06. The molecule has 2 atom stereocenters. The molecule has 2 heterocycles. The lowest BCUT2D eigenvalue weighted by molar-refractivity contribution is -0.133. The fourth-order valence-electron chi connectivity index (χ4n) is 7.06. The lowest BCUT2D eigenvalue weighted by atomic mass is 9.67. The third-order valence-corrected chi connectivity index (χ3v) is 9.47. The van der Waals surface area contributed by atoms with Gasteiger partial charge in [-0.2, -0.15) is 0 Å². The Kier molecular flexibility index (Phi) is 10.1. The lowest BCUT2D eigenvalue weighted by Gasteiger charge is -2.39. The van der Waals surface area contributed by atoms with Crippen molar-refractivity contribution in [2.75, 3.05) is 59.5 Å². The largest absolute Gasteiger partial charge is 0.493 e. The second-order valence-electron chi connectivity index (χ2n) is 12.4.